The monoisotopic (exact) mass is 313 g/mol. The molecule has 9 heteroatoms. The second-order valence-electron chi connectivity index (χ2n) is 5.18. The third kappa shape index (κ3) is 2.13. The smallest absolute Gasteiger partial charge is 0.269 e. The first-order valence-corrected chi connectivity index (χ1v) is 7.58. The molecule has 1 saturated heterocycles. The molecule has 0 atom stereocenters. The molecule has 0 spiro atoms. The van der Waals surface area contributed by atoms with E-state index in [0.717, 1.165) is 4.31 Å². The highest BCUT2D eigenvalue weighted by atomic mass is 32.2. The lowest BCUT2D eigenvalue weighted by atomic mass is 10.1. The number of hydrogen-bond acceptors (Lipinski definition) is 6. The van der Waals surface area contributed by atoms with Crippen molar-refractivity contribution in [2.75, 3.05) is 12.4 Å². The van der Waals surface area contributed by atoms with Crippen molar-refractivity contribution in [3.63, 3.8) is 0 Å². The van der Waals surface area contributed by atoms with E-state index in [9.17, 15) is 23.3 Å². The molecule has 1 aliphatic heterocycles. The van der Waals surface area contributed by atoms with Crippen LogP contribution >= 0.6 is 0 Å². The van der Waals surface area contributed by atoms with Crippen LogP contribution in [0.2, 0.25) is 0 Å². The molecule has 0 saturated carbocycles. The molecule has 1 N–H and O–H groups in total. The molecule has 1 amide bonds. The Hall–Kier alpha value is -2.16. The molecule has 0 aliphatic carbocycles. The van der Waals surface area contributed by atoms with Crippen molar-refractivity contribution in [2.24, 2.45) is 0 Å². The lowest BCUT2D eigenvalue weighted by Gasteiger charge is -2.43. The second kappa shape index (κ2) is 4.69. The number of nitrogens with zero attached hydrogens (tertiary/aromatic N) is 2. The van der Waals surface area contributed by atoms with Crippen LogP contribution in [0.15, 0.2) is 18.2 Å². The van der Waals surface area contributed by atoms with Gasteiger partial charge >= 0.3 is 0 Å². The van der Waals surface area contributed by atoms with E-state index in [1.165, 1.54) is 32.0 Å². The molecule has 0 radical (unpaired) electrons. The SMILES string of the molecule is CNc1ccc([N+](=O)[O-])cc1CN1C(=O)C(C)(C)S1(=O)=O. The lowest BCUT2D eigenvalue weighted by molar-refractivity contribution is -0.384. The molecule has 21 heavy (non-hydrogen) atoms. The maximum Gasteiger partial charge on any atom is 0.269 e. The number of nitro benzene ring substituents is 1. The van der Waals surface area contributed by atoms with Crippen LogP contribution in [0.25, 0.3) is 0 Å². The predicted molar refractivity (Wildman–Crippen MR) is 76.2 cm³/mol. The van der Waals surface area contributed by atoms with Crippen molar-refractivity contribution < 1.29 is 18.1 Å². The zero-order chi connectivity index (χ0) is 16.0. The average molecular weight is 313 g/mol. The Labute approximate surface area is 122 Å². The van der Waals surface area contributed by atoms with Crippen LogP contribution in [0, 0.1) is 10.1 Å². The first-order valence-electron chi connectivity index (χ1n) is 6.14. The number of nitro groups is 1. The summed E-state index contributed by atoms with van der Waals surface area (Å²) in [5, 5.41) is 13.6. The van der Waals surface area contributed by atoms with Crippen molar-refractivity contribution in [3.05, 3.63) is 33.9 Å². The molecule has 1 heterocycles. The van der Waals surface area contributed by atoms with Gasteiger partial charge in [-0.25, -0.2) is 12.7 Å². The van der Waals surface area contributed by atoms with Crippen molar-refractivity contribution in [3.8, 4) is 0 Å². The number of hydrogen-bond donors (Lipinski definition) is 1. The number of rotatable bonds is 4. The van der Waals surface area contributed by atoms with Crippen LogP contribution in [0.3, 0.4) is 0 Å². The fourth-order valence-electron chi connectivity index (χ4n) is 2.14. The molecule has 1 aromatic rings. The van der Waals surface area contributed by atoms with E-state index >= 15 is 0 Å². The van der Waals surface area contributed by atoms with Gasteiger partial charge in [0.2, 0.25) is 0 Å². The van der Waals surface area contributed by atoms with Crippen molar-refractivity contribution in [1.82, 2.24) is 4.31 Å². The van der Waals surface area contributed by atoms with Gasteiger partial charge in [0.25, 0.3) is 21.6 Å². The fraction of sp³-hybridized carbons (Fsp3) is 0.417. The summed E-state index contributed by atoms with van der Waals surface area (Å²) in [7, 11) is -2.11. The van der Waals surface area contributed by atoms with Crippen LogP contribution in [-0.2, 0) is 21.4 Å². The number of amides is 1. The highest BCUT2D eigenvalue weighted by Gasteiger charge is 2.60. The Kier molecular flexibility index (Phi) is 3.40. The highest BCUT2D eigenvalue weighted by molar-refractivity contribution is 7.94. The fourth-order valence-corrected chi connectivity index (χ4v) is 3.64. The number of sulfonamides is 1. The molecule has 0 unspecified atom stereocenters. The minimum Gasteiger partial charge on any atom is -0.388 e. The Balaban J connectivity index is 2.39. The Bertz CT molecular complexity index is 726. The number of non-ortho nitro benzene ring substituents is 1. The van der Waals surface area contributed by atoms with Crippen molar-refractivity contribution in [2.45, 2.75) is 25.1 Å². The van der Waals surface area contributed by atoms with E-state index < -0.39 is 25.6 Å². The molecular formula is C12H15N3O5S. The first-order chi connectivity index (χ1) is 9.62. The number of carbonyl (C=O) groups excluding carboxylic acids is 1. The molecule has 0 bridgehead atoms. The average Bonchev–Trinajstić information content (AvgIpc) is 2.43. The Morgan fingerprint density at radius 1 is 1.38 bits per heavy atom. The third-order valence-electron chi connectivity index (χ3n) is 3.56. The van der Waals surface area contributed by atoms with E-state index in [1.807, 2.05) is 0 Å². The molecule has 2 rings (SSSR count). The summed E-state index contributed by atoms with van der Waals surface area (Å²) in [4.78, 5) is 22.1. The van der Waals surface area contributed by atoms with E-state index in [4.69, 9.17) is 0 Å². The second-order valence-corrected chi connectivity index (χ2v) is 7.59. The molecule has 114 valence electrons. The van der Waals surface area contributed by atoms with Gasteiger partial charge in [-0.05, 0) is 19.9 Å². The summed E-state index contributed by atoms with van der Waals surface area (Å²) in [5.74, 6) is -0.518. The van der Waals surface area contributed by atoms with Crippen LogP contribution < -0.4 is 5.32 Å². The van der Waals surface area contributed by atoms with Gasteiger partial charge < -0.3 is 5.32 Å². The maximum atomic E-state index is 12.1. The van der Waals surface area contributed by atoms with Gasteiger partial charge in [-0.3, -0.25) is 14.9 Å². The van der Waals surface area contributed by atoms with E-state index in [2.05, 4.69) is 5.32 Å². The maximum absolute atomic E-state index is 12.1. The zero-order valence-electron chi connectivity index (χ0n) is 11.8. The van der Waals surface area contributed by atoms with Gasteiger partial charge in [-0.2, -0.15) is 0 Å². The number of benzene rings is 1. The largest absolute Gasteiger partial charge is 0.388 e. The van der Waals surface area contributed by atoms with Crippen molar-refractivity contribution in [1.29, 1.82) is 0 Å². The zero-order valence-corrected chi connectivity index (χ0v) is 12.6. The summed E-state index contributed by atoms with van der Waals surface area (Å²) < 4.78 is 23.4. The van der Waals surface area contributed by atoms with E-state index in [-0.39, 0.29) is 12.2 Å². The minimum absolute atomic E-state index is 0.159. The topological polar surface area (TPSA) is 110 Å². The number of nitrogens with one attached hydrogen (secondary N) is 1. The van der Waals surface area contributed by atoms with Gasteiger partial charge in [0.15, 0.2) is 4.75 Å². The number of carbonyl (C=O) groups is 1. The lowest BCUT2D eigenvalue weighted by Crippen LogP contribution is -2.66. The summed E-state index contributed by atoms with van der Waals surface area (Å²) in [6.45, 7) is 2.46. The number of anilines is 1. The van der Waals surface area contributed by atoms with Gasteiger partial charge in [-0.15, -0.1) is 0 Å². The molecule has 1 aliphatic rings. The summed E-state index contributed by atoms with van der Waals surface area (Å²) >= 11 is 0. The predicted octanol–water partition coefficient (Wildman–Crippen LogP) is 1.09. The Morgan fingerprint density at radius 2 is 2.00 bits per heavy atom. The van der Waals surface area contributed by atoms with Gasteiger partial charge in [0.05, 0.1) is 11.5 Å². The molecular weight excluding hydrogens is 298 g/mol. The standard InChI is InChI=1S/C12H15N3O5S/c1-12(2)11(16)14(21(12,19)20)7-8-6-9(15(17)18)4-5-10(8)13-3/h4-6,13H,7H2,1-3H3. The molecule has 1 aromatic carbocycles. The molecule has 0 aromatic heterocycles. The van der Waals surface area contributed by atoms with Gasteiger partial charge in [0.1, 0.15) is 0 Å². The van der Waals surface area contributed by atoms with Gasteiger partial charge in [0, 0.05) is 30.4 Å². The summed E-state index contributed by atoms with van der Waals surface area (Å²) in [6, 6.07) is 4.06. The summed E-state index contributed by atoms with van der Waals surface area (Å²) in [5.41, 5.74) is 0.751. The highest BCUT2D eigenvalue weighted by Crippen LogP contribution is 2.37. The van der Waals surface area contributed by atoms with Crippen LogP contribution in [0.5, 0.6) is 0 Å². The van der Waals surface area contributed by atoms with E-state index in [0.29, 0.717) is 11.3 Å². The minimum atomic E-state index is -3.72. The molecule has 1 fully saturated rings. The van der Waals surface area contributed by atoms with Crippen LogP contribution in [-0.4, -0.2) is 35.3 Å². The quantitative estimate of drug-likeness (QED) is 0.658. The van der Waals surface area contributed by atoms with Crippen molar-refractivity contribution >= 4 is 27.3 Å². The Morgan fingerprint density at radius 3 is 2.48 bits per heavy atom. The van der Waals surface area contributed by atoms with Crippen LogP contribution in [0.4, 0.5) is 11.4 Å². The summed E-state index contributed by atoms with van der Waals surface area (Å²) in [6.07, 6.45) is 0. The van der Waals surface area contributed by atoms with Crippen LogP contribution in [0.1, 0.15) is 19.4 Å². The van der Waals surface area contributed by atoms with Gasteiger partial charge in [-0.1, -0.05) is 0 Å². The normalized spacial score (nSPS) is 19.0. The molecule has 8 nitrogen and oxygen atoms in total. The third-order valence-corrected chi connectivity index (χ3v) is 5.90. The van der Waals surface area contributed by atoms with E-state index in [1.54, 1.807) is 7.05 Å². The first kappa shape index (κ1) is 15.2.